The van der Waals surface area contributed by atoms with Gasteiger partial charge in [-0.2, -0.15) is 0 Å². The van der Waals surface area contributed by atoms with Gasteiger partial charge in [0.1, 0.15) is 5.82 Å². The predicted molar refractivity (Wildman–Crippen MR) is 65.1 cm³/mol. The van der Waals surface area contributed by atoms with Gasteiger partial charge in [-0.15, -0.1) is 0 Å². The van der Waals surface area contributed by atoms with E-state index in [4.69, 9.17) is 5.73 Å². The summed E-state index contributed by atoms with van der Waals surface area (Å²) in [7, 11) is 0. The van der Waals surface area contributed by atoms with Gasteiger partial charge in [-0.05, 0) is 60.4 Å². The highest BCUT2D eigenvalue weighted by Crippen LogP contribution is 2.43. The summed E-state index contributed by atoms with van der Waals surface area (Å²) in [4.78, 5) is 0. The van der Waals surface area contributed by atoms with Crippen molar-refractivity contribution >= 4 is 0 Å². The highest BCUT2D eigenvalue weighted by Gasteiger charge is 2.32. The van der Waals surface area contributed by atoms with Crippen LogP contribution in [0.25, 0.3) is 0 Å². The van der Waals surface area contributed by atoms with Crippen LogP contribution in [-0.2, 0) is 5.41 Å². The monoisotopic (exact) mass is 221 g/mol. The van der Waals surface area contributed by atoms with Crippen molar-refractivity contribution in [3.63, 3.8) is 0 Å². The SMILES string of the molecule is CC1(C)CCC(CCN)c2cc(F)ccc21. The van der Waals surface area contributed by atoms with Crippen molar-refractivity contribution in [1.82, 2.24) is 0 Å². The lowest BCUT2D eigenvalue weighted by Gasteiger charge is -2.37. The Morgan fingerprint density at radius 1 is 1.44 bits per heavy atom. The fraction of sp³-hybridized carbons (Fsp3) is 0.571. The summed E-state index contributed by atoms with van der Waals surface area (Å²) in [6.07, 6.45) is 3.25. The minimum absolute atomic E-state index is 0.126. The molecule has 1 aromatic rings. The van der Waals surface area contributed by atoms with Gasteiger partial charge < -0.3 is 5.73 Å². The molecule has 16 heavy (non-hydrogen) atoms. The zero-order chi connectivity index (χ0) is 11.8. The molecule has 1 aromatic carbocycles. The summed E-state index contributed by atoms with van der Waals surface area (Å²) < 4.78 is 13.3. The first-order chi connectivity index (χ1) is 7.54. The molecule has 0 saturated carbocycles. The van der Waals surface area contributed by atoms with Crippen molar-refractivity contribution in [1.29, 1.82) is 0 Å². The number of halogens is 1. The van der Waals surface area contributed by atoms with E-state index in [0.29, 0.717) is 12.5 Å². The van der Waals surface area contributed by atoms with Crippen molar-refractivity contribution in [2.75, 3.05) is 6.54 Å². The maximum Gasteiger partial charge on any atom is 0.123 e. The number of nitrogens with two attached hydrogens (primary N) is 1. The highest BCUT2D eigenvalue weighted by atomic mass is 19.1. The Bertz CT molecular complexity index is 384. The molecule has 1 nitrogen and oxygen atoms in total. The third-order valence-corrected chi connectivity index (χ3v) is 3.82. The van der Waals surface area contributed by atoms with Crippen LogP contribution in [0.3, 0.4) is 0 Å². The molecule has 2 rings (SSSR count). The molecule has 0 heterocycles. The average Bonchev–Trinajstić information content (AvgIpc) is 2.22. The lowest BCUT2D eigenvalue weighted by molar-refractivity contribution is 0.382. The predicted octanol–water partition coefficient (Wildman–Crippen LogP) is 3.33. The molecular weight excluding hydrogens is 201 g/mol. The van der Waals surface area contributed by atoms with Gasteiger partial charge >= 0.3 is 0 Å². The zero-order valence-corrected chi connectivity index (χ0v) is 10.1. The fourth-order valence-corrected chi connectivity index (χ4v) is 2.81. The van der Waals surface area contributed by atoms with E-state index in [0.717, 1.165) is 19.3 Å². The van der Waals surface area contributed by atoms with Gasteiger partial charge in [0.2, 0.25) is 0 Å². The number of hydrogen-bond donors (Lipinski definition) is 1. The van der Waals surface area contributed by atoms with Crippen LogP contribution in [0.2, 0.25) is 0 Å². The van der Waals surface area contributed by atoms with E-state index in [1.54, 1.807) is 12.1 Å². The molecule has 0 amide bonds. The summed E-state index contributed by atoms with van der Waals surface area (Å²) in [6, 6.07) is 5.23. The minimum Gasteiger partial charge on any atom is -0.330 e. The van der Waals surface area contributed by atoms with Gasteiger partial charge in [0.15, 0.2) is 0 Å². The molecule has 0 saturated heterocycles. The summed E-state index contributed by atoms with van der Waals surface area (Å²) >= 11 is 0. The van der Waals surface area contributed by atoms with Gasteiger partial charge in [0.05, 0.1) is 0 Å². The van der Waals surface area contributed by atoms with Crippen molar-refractivity contribution in [3.8, 4) is 0 Å². The van der Waals surface area contributed by atoms with Crippen LogP contribution in [0.5, 0.6) is 0 Å². The van der Waals surface area contributed by atoms with Crippen molar-refractivity contribution in [2.24, 2.45) is 5.73 Å². The van der Waals surface area contributed by atoms with Crippen LogP contribution in [-0.4, -0.2) is 6.54 Å². The van der Waals surface area contributed by atoms with E-state index in [1.165, 1.54) is 11.1 Å². The van der Waals surface area contributed by atoms with Crippen LogP contribution in [0.15, 0.2) is 18.2 Å². The fourth-order valence-electron chi connectivity index (χ4n) is 2.81. The minimum atomic E-state index is -0.126. The second-order valence-electron chi connectivity index (χ2n) is 5.43. The average molecular weight is 221 g/mol. The number of hydrogen-bond acceptors (Lipinski definition) is 1. The molecular formula is C14H20FN. The molecule has 0 bridgehead atoms. The molecule has 1 atom stereocenters. The number of rotatable bonds is 2. The molecule has 2 heteroatoms. The van der Waals surface area contributed by atoms with Crippen LogP contribution in [0, 0.1) is 5.82 Å². The summed E-state index contributed by atoms with van der Waals surface area (Å²) in [5.41, 5.74) is 8.29. The molecule has 1 unspecified atom stereocenters. The van der Waals surface area contributed by atoms with Crippen molar-refractivity contribution in [3.05, 3.63) is 35.1 Å². The Balaban J connectivity index is 2.45. The van der Waals surface area contributed by atoms with Crippen molar-refractivity contribution in [2.45, 2.75) is 44.4 Å². The van der Waals surface area contributed by atoms with E-state index in [-0.39, 0.29) is 11.2 Å². The standard InChI is InChI=1S/C14H20FN/c1-14(2)7-5-10(6-8-16)12-9-11(15)3-4-13(12)14/h3-4,9-10H,5-8,16H2,1-2H3. The smallest absolute Gasteiger partial charge is 0.123 e. The van der Waals surface area contributed by atoms with Gasteiger partial charge in [-0.1, -0.05) is 19.9 Å². The first-order valence-corrected chi connectivity index (χ1v) is 6.04. The van der Waals surface area contributed by atoms with Gasteiger partial charge in [0.25, 0.3) is 0 Å². The lowest BCUT2D eigenvalue weighted by Crippen LogP contribution is -2.27. The summed E-state index contributed by atoms with van der Waals surface area (Å²) in [5, 5.41) is 0. The first-order valence-electron chi connectivity index (χ1n) is 6.04. The maximum absolute atomic E-state index is 13.3. The van der Waals surface area contributed by atoms with Crippen molar-refractivity contribution < 1.29 is 4.39 Å². The zero-order valence-electron chi connectivity index (χ0n) is 10.1. The summed E-state index contributed by atoms with van der Waals surface area (Å²) in [6.45, 7) is 5.16. The van der Waals surface area contributed by atoms with Gasteiger partial charge in [0, 0.05) is 0 Å². The second kappa shape index (κ2) is 4.17. The van der Waals surface area contributed by atoms with E-state index in [2.05, 4.69) is 13.8 Å². The topological polar surface area (TPSA) is 26.0 Å². The van der Waals surface area contributed by atoms with Gasteiger partial charge in [-0.3, -0.25) is 0 Å². The molecule has 0 spiro atoms. The quantitative estimate of drug-likeness (QED) is 0.814. The van der Waals surface area contributed by atoms with E-state index in [9.17, 15) is 4.39 Å². The van der Waals surface area contributed by atoms with E-state index in [1.807, 2.05) is 6.07 Å². The third-order valence-electron chi connectivity index (χ3n) is 3.82. The molecule has 1 aliphatic rings. The van der Waals surface area contributed by atoms with Gasteiger partial charge in [-0.25, -0.2) is 4.39 Å². The Labute approximate surface area is 96.9 Å². The number of benzene rings is 1. The molecule has 1 aliphatic carbocycles. The normalized spacial score (nSPS) is 22.9. The Kier molecular flexibility index (Phi) is 3.02. The third kappa shape index (κ3) is 1.99. The Morgan fingerprint density at radius 2 is 2.19 bits per heavy atom. The molecule has 2 N–H and O–H groups in total. The summed E-state index contributed by atoms with van der Waals surface area (Å²) in [5.74, 6) is 0.321. The van der Waals surface area contributed by atoms with Crippen LogP contribution in [0.4, 0.5) is 4.39 Å². The van der Waals surface area contributed by atoms with Crippen LogP contribution >= 0.6 is 0 Å². The Morgan fingerprint density at radius 3 is 2.88 bits per heavy atom. The molecule has 0 aromatic heterocycles. The highest BCUT2D eigenvalue weighted by molar-refractivity contribution is 5.38. The molecule has 88 valence electrons. The molecule has 0 fully saturated rings. The molecule has 0 radical (unpaired) electrons. The van der Waals surface area contributed by atoms with Crippen LogP contribution in [0.1, 0.15) is 50.2 Å². The maximum atomic E-state index is 13.3. The number of fused-ring (bicyclic) bond motifs is 1. The second-order valence-corrected chi connectivity index (χ2v) is 5.43. The first kappa shape index (κ1) is 11.6. The van der Waals surface area contributed by atoms with Crippen LogP contribution < -0.4 is 5.73 Å². The Hall–Kier alpha value is -0.890. The molecule has 0 aliphatic heterocycles. The largest absolute Gasteiger partial charge is 0.330 e. The lowest BCUT2D eigenvalue weighted by atomic mass is 9.68. The van der Waals surface area contributed by atoms with E-state index >= 15 is 0 Å². The van der Waals surface area contributed by atoms with E-state index < -0.39 is 0 Å².